The van der Waals surface area contributed by atoms with E-state index in [2.05, 4.69) is 27.7 Å². The van der Waals surface area contributed by atoms with Gasteiger partial charge in [-0.15, -0.1) is 0 Å². The van der Waals surface area contributed by atoms with Crippen molar-refractivity contribution in [2.45, 2.75) is 39.5 Å². The molecule has 0 radical (unpaired) electrons. The third kappa shape index (κ3) is 59.4. The smallest absolute Gasteiger partial charge is 1.00 e. The van der Waals surface area contributed by atoms with Crippen LogP contribution in [0, 0.1) is 13.8 Å². The molecule has 0 aromatic heterocycles. The second kappa shape index (κ2) is 31.8. The number of unbranched alkanes of at least 4 members (excludes halogenated alkanes) is 2. The Kier molecular flexibility index (Phi) is 71.5. The summed E-state index contributed by atoms with van der Waals surface area (Å²) in [6, 6.07) is 0. The molecule has 0 aliphatic carbocycles. The fraction of sp³-hybridized carbons (Fsp3) is 0.750. The molecule has 0 saturated heterocycles. The minimum atomic E-state index is 0. The van der Waals surface area contributed by atoms with Gasteiger partial charge in [-0.2, -0.15) is 12.8 Å². The van der Waals surface area contributed by atoms with Crippen LogP contribution < -0.4 is 24.0 Å². The molecule has 60 valence electrons. The average molecular weight is 268 g/mol. The van der Waals surface area contributed by atoms with Crippen LogP contribution in [0.5, 0.6) is 0 Å². The summed E-state index contributed by atoms with van der Waals surface area (Å²) in [6.45, 7) is 11.4. The third-order valence-electron chi connectivity index (χ3n) is 0.707. The fourth-order valence-electron chi connectivity index (χ4n) is 0. The van der Waals surface area contributed by atoms with Gasteiger partial charge in [-0.25, -0.2) is 0 Å². The van der Waals surface area contributed by atoms with Gasteiger partial charge in [0, 0.05) is 0 Å². The molecule has 0 aliphatic rings. The Morgan fingerprint density at radius 2 is 1.00 bits per heavy atom. The number of halogens is 1. The van der Waals surface area contributed by atoms with E-state index in [1.54, 1.807) is 0 Å². The zero-order chi connectivity index (χ0) is 6.83. The monoisotopic (exact) mass is 268 g/mol. The Morgan fingerprint density at radius 1 is 0.900 bits per heavy atom. The van der Waals surface area contributed by atoms with Crippen molar-refractivity contribution in [3.05, 3.63) is 13.8 Å². The predicted octanol–water partition coefficient (Wildman–Crippen LogP) is -0.136. The molecular weight excluding hydrogens is 250 g/mol. The molecule has 0 amide bonds. The van der Waals surface area contributed by atoms with Crippen LogP contribution in [0.25, 0.3) is 0 Å². The van der Waals surface area contributed by atoms with Gasteiger partial charge in [-0.05, 0) is 0 Å². The molecule has 0 bridgehead atoms. The molecule has 0 heterocycles. The van der Waals surface area contributed by atoms with Crippen molar-refractivity contribution in [1.29, 1.82) is 0 Å². The van der Waals surface area contributed by atoms with Crippen molar-refractivity contribution in [3.63, 3.8) is 0 Å². The van der Waals surface area contributed by atoms with Crippen LogP contribution >= 0.6 is 0 Å². The Morgan fingerprint density at radius 3 is 1.00 bits per heavy atom. The van der Waals surface area contributed by atoms with E-state index in [0.717, 1.165) is 12.8 Å². The average Bonchev–Trinajstić information content (AvgIpc) is 1.88. The molecule has 0 rings (SSSR count). The largest absolute Gasteiger partial charge is 3.00 e. The van der Waals surface area contributed by atoms with Crippen molar-refractivity contribution in [1.82, 2.24) is 0 Å². The minimum absolute atomic E-state index is 0. The summed E-state index contributed by atoms with van der Waals surface area (Å²) in [5.41, 5.74) is 0. The van der Waals surface area contributed by atoms with Crippen LogP contribution in [-0.4, -0.2) is 17.4 Å². The summed E-state index contributed by atoms with van der Waals surface area (Å²) in [6.07, 6.45) is 4.56. The molecule has 2 heteroatoms. The topological polar surface area (TPSA) is 0 Å². The molecule has 0 aromatic rings. The van der Waals surface area contributed by atoms with Gasteiger partial charge < -0.3 is 37.8 Å². The number of rotatable bonds is 2. The molecule has 0 atom stereocenters. The first-order chi connectivity index (χ1) is 3.83. The van der Waals surface area contributed by atoms with Crippen LogP contribution in [0.3, 0.4) is 0 Å². The van der Waals surface area contributed by atoms with Crippen molar-refractivity contribution >= 4 is 17.4 Å². The van der Waals surface area contributed by atoms with Crippen LogP contribution in [0.2, 0.25) is 0 Å². The molecule has 10 heavy (non-hydrogen) atoms. The number of hydrogen-bond donors (Lipinski definition) is 0. The molecule has 0 aromatic carbocycles. The summed E-state index contributed by atoms with van der Waals surface area (Å²) in [4.78, 5) is 0. The maximum absolute atomic E-state index is 3.60. The molecule has 0 N–H and O–H groups in total. The summed E-state index contributed by atoms with van der Waals surface area (Å²) < 4.78 is 0. The molecule has 0 unspecified atom stereocenters. The molecule has 0 spiro atoms. The number of hydrogen-bond acceptors (Lipinski definition) is 0. The predicted molar refractivity (Wildman–Crippen MR) is 46.3 cm³/mol. The molecule has 0 fully saturated rings. The van der Waals surface area contributed by atoms with Crippen LogP contribution in [0.15, 0.2) is 0 Å². The summed E-state index contributed by atoms with van der Waals surface area (Å²) in [5.74, 6) is 0. The fourth-order valence-corrected chi connectivity index (χ4v) is 0. The van der Waals surface area contributed by atoms with Crippen LogP contribution in [0.1, 0.15) is 39.5 Å². The third-order valence-corrected chi connectivity index (χ3v) is 0.707. The Balaban J connectivity index is -0.0000000300. The van der Waals surface area contributed by atoms with Gasteiger partial charge in [0.25, 0.3) is 0 Å². The standard InChI is InChI=1S/2C4H9.Al.HI/c2*1-3-4-2;;/h2*1,3-4H2,2H3;;1H/q2*-1;+3;/p-1. The second-order valence-electron chi connectivity index (χ2n) is 1.71. The molecule has 0 nitrogen and oxygen atoms in total. The van der Waals surface area contributed by atoms with Crippen molar-refractivity contribution in [2.24, 2.45) is 0 Å². The molecular formula is C8H18AlI. The van der Waals surface area contributed by atoms with E-state index in [1.165, 1.54) is 12.8 Å². The first kappa shape index (κ1) is 22.5. The first-order valence-electron chi connectivity index (χ1n) is 3.41. The first-order valence-corrected chi connectivity index (χ1v) is 3.41. The van der Waals surface area contributed by atoms with E-state index in [4.69, 9.17) is 0 Å². The van der Waals surface area contributed by atoms with Crippen LogP contribution in [0.4, 0.5) is 0 Å². The van der Waals surface area contributed by atoms with Gasteiger partial charge >= 0.3 is 17.4 Å². The van der Waals surface area contributed by atoms with Crippen molar-refractivity contribution in [3.8, 4) is 0 Å². The van der Waals surface area contributed by atoms with Gasteiger partial charge in [0.15, 0.2) is 0 Å². The summed E-state index contributed by atoms with van der Waals surface area (Å²) in [7, 11) is 0. The van der Waals surface area contributed by atoms with E-state index >= 15 is 0 Å². The normalized spacial score (nSPS) is 6.00. The quantitative estimate of drug-likeness (QED) is 0.372. The van der Waals surface area contributed by atoms with Crippen LogP contribution in [-0.2, 0) is 0 Å². The van der Waals surface area contributed by atoms with E-state index in [-0.39, 0.29) is 41.3 Å². The zero-order valence-electron chi connectivity index (χ0n) is 7.20. The Labute approximate surface area is 94.3 Å². The Bertz CT molecular complexity index is 17.2. The van der Waals surface area contributed by atoms with Gasteiger partial charge in [-0.3, -0.25) is 0 Å². The van der Waals surface area contributed by atoms with Gasteiger partial charge in [0.05, 0.1) is 0 Å². The SMILES string of the molecule is [Al+3].[CH2-]CCC.[CH2-]CCC.[I-]. The van der Waals surface area contributed by atoms with Crippen molar-refractivity contribution in [2.75, 3.05) is 0 Å². The Hall–Kier alpha value is 1.26. The zero-order valence-corrected chi connectivity index (χ0v) is 10.5. The van der Waals surface area contributed by atoms with E-state index in [9.17, 15) is 0 Å². The molecule has 0 saturated carbocycles. The summed E-state index contributed by atoms with van der Waals surface area (Å²) in [5, 5.41) is 0. The molecule has 0 aliphatic heterocycles. The van der Waals surface area contributed by atoms with E-state index in [0.29, 0.717) is 0 Å². The van der Waals surface area contributed by atoms with Gasteiger partial charge in [0.1, 0.15) is 0 Å². The summed E-state index contributed by atoms with van der Waals surface area (Å²) >= 11 is 0. The van der Waals surface area contributed by atoms with Gasteiger partial charge in [0.2, 0.25) is 0 Å². The van der Waals surface area contributed by atoms with E-state index in [1.807, 2.05) is 0 Å². The minimum Gasteiger partial charge on any atom is -1.00 e. The van der Waals surface area contributed by atoms with E-state index < -0.39 is 0 Å². The maximum Gasteiger partial charge on any atom is 3.00 e. The maximum atomic E-state index is 3.60. The van der Waals surface area contributed by atoms with Crippen molar-refractivity contribution < 1.29 is 24.0 Å². The second-order valence-corrected chi connectivity index (χ2v) is 1.71. The van der Waals surface area contributed by atoms with Gasteiger partial charge in [-0.1, -0.05) is 26.7 Å².